The Morgan fingerprint density at radius 2 is 1.25 bits per heavy atom. The van der Waals surface area contributed by atoms with Crippen LogP contribution >= 0.6 is 0 Å². The predicted octanol–water partition coefficient (Wildman–Crippen LogP) is 8.21. The predicted molar refractivity (Wildman–Crippen MR) is 232 cm³/mol. The van der Waals surface area contributed by atoms with Gasteiger partial charge >= 0.3 is 17.6 Å². The van der Waals surface area contributed by atoms with E-state index < -0.39 is 0 Å². The van der Waals surface area contributed by atoms with E-state index in [9.17, 15) is 14.4 Å². The van der Waals surface area contributed by atoms with E-state index in [-0.39, 0.29) is 49.5 Å². The zero-order valence-corrected chi connectivity index (χ0v) is 35.1. The molecule has 5 aliphatic rings. The highest BCUT2D eigenvalue weighted by molar-refractivity contribution is 5.77. The van der Waals surface area contributed by atoms with E-state index in [1.165, 1.54) is 27.1 Å². The Labute approximate surface area is 355 Å². The smallest absolute Gasteiger partial charge is 0.326 e. The molecule has 14 heteroatoms. The molecule has 14 nitrogen and oxygen atoms in total. The van der Waals surface area contributed by atoms with Crippen LogP contribution in [0.4, 0.5) is 11.4 Å². The van der Waals surface area contributed by atoms with Crippen molar-refractivity contribution in [3.8, 4) is 11.5 Å². The van der Waals surface area contributed by atoms with Gasteiger partial charge in [0.2, 0.25) is 0 Å². The number of H-pyrrole nitrogens is 1. The van der Waals surface area contributed by atoms with Gasteiger partial charge in [-0.05, 0) is 126 Å². The van der Waals surface area contributed by atoms with Crippen LogP contribution in [0.1, 0.15) is 110 Å². The summed E-state index contributed by atoms with van der Waals surface area (Å²) in [6, 6.07) is 11.4. The molecule has 60 heavy (non-hydrogen) atoms. The van der Waals surface area contributed by atoms with Gasteiger partial charge in [-0.1, -0.05) is 7.43 Å². The molecule has 0 amide bonds. The summed E-state index contributed by atoms with van der Waals surface area (Å²) in [5, 5.41) is 3.46. The maximum atomic E-state index is 12.5. The fourth-order valence-corrected chi connectivity index (χ4v) is 8.60. The lowest BCUT2D eigenvalue weighted by Gasteiger charge is -2.27. The van der Waals surface area contributed by atoms with E-state index in [1.807, 2.05) is 36.4 Å². The molecule has 2 aliphatic carbocycles. The molecule has 3 aromatic rings. The highest BCUT2D eigenvalue weighted by Gasteiger charge is 2.29. The number of rotatable bonds is 11. The number of benzene rings is 2. The van der Waals surface area contributed by atoms with Gasteiger partial charge in [-0.2, -0.15) is 0 Å². The highest BCUT2D eigenvalue weighted by atomic mass is 16.7. The topological polar surface area (TPSA) is 175 Å². The first-order chi connectivity index (χ1) is 28.8. The Balaban J connectivity index is 0.000000201. The second kappa shape index (κ2) is 24.2. The Hall–Kier alpha value is -4.27. The molecule has 1 aromatic heterocycles. The molecule has 2 aromatic carbocycles. The van der Waals surface area contributed by atoms with Crippen LogP contribution in [0.15, 0.2) is 41.2 Å². The van der Waals surface area contributed by atoms with Crippen molar-refractivity contribution in [1.29, 1.82) is 0 Å². The van der Waals surface area contributed by atoms with Crippen LogP contribution in [0.3, 0.4) is 0 Å². The zero-order valence-electron chi connectivity index (χ0n) is 35.1. The van der Waals surface area contributed by atoms with Crippen LogP contribution in [-0.4, -0.2) is 81.3 Å². The number of aromatic amines is 1. The maximum absolute atomic E-state index is 12.5. The number of imidazole rings is 1. The van der Waals surface area contributed by atoms with Gasteiger partial charge in [-0.15, -0.1) is 0 Å². The van der Waals surface area contributed by atoms with E-state index in [0.29, 0.717) is 24.1 Å². The molecule has 0 bridgehead atoms. The fraction of sp³-hybridized carbons (Fsp3) is 0.674. The molecular weight excluding hydrogens is 769 g/mol. The van der Waals surface area contributed by atoms with Crippen LogP contribution in [0.2, 0.25) is 0 Å². The van der Waals surface area contributed by atoms with Crippen LogP contribution in [-0.2, 0) is 39.8 Å². The van der Waals surface area contributed by atoms with Crippen molar-refractivity contribution in [1.82, 2.24) is 9.55 Å². The third-order valence-corrected chi connectivity index (χ3v) is 12.2. The molecule has 2 unspecified atom stereocenters. The first-order valence-corrected chi connectivity index (χ1v) is 22.0. The molecule has 4 heterocycles. The number of nitrogen functional groups attached to an aromatic ring is 1. The number of aromatic nitrogens is 2. The number of hydrogen-bond acceptors (Lipinski definition) is 12. The number of nitrogens with one attached hydrogen (secondary N) is 2. The standard InChI is InChI=1S/C21H28N2O5.C20H30N2O4.C4H8O.CH4/c1-26-20(24)15-7-5-14(6-8-15)13-23-18-12-16(9-10-17(18)22-21(23)25)28-19-4-2-3-11-27-19;1-24-20(23)15-7-5-14(6-8-15)13-22-18-12-16(9-10-17(18)21)26-19-4-2-3-11-25-19;1-2-4-5-3-1;/h9-10,12,14-15,19H,2-8,11,13H2,1H3,(H,22,25);9-10,12,14-15,19,22H,2-8,11,13,21H2,1H3;1-4H2;1H4. The van der Waals surface area contributed by atoms with Gasteiger partial charge in [-0.25, -0.2) is 4.79 Å². The number of methoxy groups -OCH3 is 2. The number of esters is 2. The van der Waals surface area contributed by atoms with Crippen LogP contribution in [0.25, 0.3) is 11.0 Å². The van der Waals surface area contributed by atoms with Crippen molar-refractivity contribution in [2.45, 2.75) is 129 Å². The molecule has 2 atom stereocenters. The van der Waals surface area contributed by atoms with Crippen LogP contribution < -0.4 is 26.2 Å². The molecule has 5 fully saturated rings. The van der Waals surface area contributed by atoms with Gasteiger partial charge < -0.3 is 49.2 Å². The van der Waals surface area contributed by atoms with Gasteiger partial charge in [0.15, 0.2) is 12.6 Å². The van der Waals surface area contributed by atoms with Crippen molar-refractivity contribution < 1.29 is 42.7 Å². The largest absolute Gasteiger partial charge is 0.469 e. The molecule has 0 spiro atoms. The average Bonchev–Trinajstić information content (AvgIpc) is 3.97. The fourth-order valence-electron chi connectivity index (χ4n) is 8.60. The van der Waals surface area contributed by atoms with Gasteiger partial charge in [0, 0.05) is 51.3 Å². The minimum Gasteiger partial charge on any atom is -0.469 e. The minimum absolute atomic E-state index is 0. The van der Waals surface area contributed by atoms with E-state index in [4.69, 9.17) is 38.9 Å². The summed E-state index contributed by atoms with van der Waals surface area (Å²) < 4.78 is 39.6. The van der Waals surface area contributed by atoms with Crippen LogP contribution in [0.5, 0.6) is 11.5 Å². The molecule has 3 aliphatic heterocycles. The summed E-state index contributed by atoms with van der Waals surface area (Å²) in [6.07, 6.45) is 15.8. The van der Waals surface area contributed by atoms with Crippen molar-refractivity contribution in [2.24, 2.45) is 23.7 Å². The number of hydrogen-bond donors (Lipinski definition) is 3. The first-order valence-electron chi connectivity index (χ1n) is 22.0. The lowest BCUT2D eigenvalue weighted by Crippen LogP contribution is -2.27. The molecule has 3 saturated heterocycles. The van der Waals surface area contributed by atoms with Crippen molar-refractivity contribution in [2.75, 3.05) is 58.2 Å². The summed E-state index contributed by atoms with van der Waals surface area (Å²) in [5.41, 5.74) is 9.28. The van der Waals surface area contributed by atoms with Gasteiger partial charge in [0.1, 0.15) is 11.5 Å². The van der Waals surface area contributed by atoms with E-state index in [2.05, 4.69) is 10.3 Å². The molecular formula is C46H70N4O10. The first kappa shape index (κ1) is 46.8. The summed E-state index contributed by atoms with van der Waals surface area (Å²) in [4.78, 5) is 38.8. The number of anilines is 2. The Morgan fingerprint density at radius 1 is 0.717 bits per heavy atom. The summed E-state index contributed by atoms with van der Waals surface area (Å²) >= 11 is 0. The monoisotopic (exact) mass is 839 g/mol. The SMILES string of the molecule is C.C1CCOC1.COC(=O)C1CCC(CNc2cc(OC3CCCCO3)ccc2N)CC1.COC(=O)C1CCC(Cn2c(=O)[nH]c3ccc(OC4CCCCO4)cc32)CC1. The Bertz CT molecular complexity index is 1790. The van der Waals surface area contributed by atoms with Crippen molar-refractivity contribution in [3.63, 3.8) is 0 Å². The third-order valence-electron chi connectivity index (χ3n) is 12.2. The van der Waals surface area contributed by atoms with Gasteiger partial charge in [0.25, 0.3) is 0 Å². The zero-order chi connectivity index (χ0) is 41.4. The summed E-state index contributed by atoms with van der Waals surface area (Å²) in [5.74, 6) is 2.30. The quantitative estimate of drug-likeness (QED) is 0.125. The number of fused-ring (bicyclic) bond motifs is 1. The minimum atomic E-state index is -0.209. The van der Waals surface area contributed by atoms with Crippen molar-refractivity contribution in [3.05, 3.63) is 46.9 Å². The molecule has 2 saturated carbocycles. The Morgan fingerprint density at radius 3 is 1.77 bits per heavy atom. The lowest BCUT2D eigenvalue weighted by molar-refractivity contribution is -0.147. The molecule has 4 N–H and O–H groups in total. The van der Waals surface area contributed by atoms with Crippen LogP contribution in [0, 0.1) is 23.7 Å². The Kier molecular flexibility index (Phi) is 18.9. The van der Waals surface area contributed by atoms with E-state index >= 15 is 0 Å². The number of nitrogens with two attached hydrogens (primary N) is 1. The number of ether oxygens (including phenoxy) is 7. The highest BCUT2D eigenvalue weighted by Crippen LogP contribution is 2.33. The third kappa shape index (κ3) is 13.9. The number of nitrogens with zero attached hydrogens (tertiary/aromatic N) is 1. The second-order valence-corrected chi connectivity index (χ2v) is 16.5. The van der Waals surface area contributed by atoms with E-state index in [1.54, 1.807) is 4.57 Å². The van der Waals surface area contributed by atoms with E-state index in [0.717, 1.165) is 151 Å². The summed E-state index contributed by atoms with van der Waals surface area (Å²) in [6.45, 7) is 4.99. The molecule has 0 radical (unpaired) electrons. The number of carbonyl (C=O) groups excluding carboxylic acids is 2. The number of carbonyl (C=O) groups is 2. The summed E-state index contributed by atoms with van der Waals surface area (Å²) in [7, 11) is 2.91. The molecule has 334 valence electrons. The normalized spacial score (nSPS) is 25.2. The lowest BCUT2D eigenvalue weighted by atomic mass is 9.82. The molecule has 8 rings (SSSR count). The van der Waals surface area contributed by atoms with Gasteiger partial charge in [0.05, 0.1) is 61.7 Å². The van der Waals surface area contributed by atoms with Crippen molar-refractivity contribution >= 4 is 34.3 Å². The van der Waals surface area contributed by atoms with Gasteiger partial charge in [-0.3, -0.25) is 14.2 Å². The average molecular weight is 839 g/mol. The maximum Gasteiger partial charge on any atom is 0.326 e. The second-order valence-electron chi connectivity index (χ2n) is 16.5.